The van der Waals surface area contributed by atoms with Crippen LogP contribution in [0.1, 0.15) is 72.4 Å². The summed E-state index contributed by atoms with van der Waals surface area (Å²) < 4.78 is 0. The third kappa shape index (κ3) is 2.84. The monoisotopic (exact) mass is 332 g/mol. The molecule has 0 nitrogen and oxygen atoms in total. The number of hydrogen-bond acceptors (Lipinski definition) is 0. The first-order valence-electron chi connectivity index (χ1n) is 9.76. The van der Waals surface area contributed by atoms with E-state index >= 15 is 0 Å². The maximum atomic E-state index is 2.55. The molecule has 4 rings (SSSR count). The van der Waals surface area contributed by atoms with E-state index in [1.807, 2.05) is 0 Å². The Kier molecular flexibility index (Phi) is 3.37. The topological polar surface area (TPSA) is 0 Å². The lowest BCUT2D eigenvalue weighted by Crippen LogP contribution is -2.30. The molecule has 132 valence electrons. The first-order valence-corrected chi connectivity index (χ1v) is 9.76. The van der Waals surface area contributed by atoms with E-state index in [0.29, 0.717) is 10.8 Å². The molecule has 0 amide bonds. The molecule has 0 heteroatoms. The largest absolute Gasteiger partial charge is 0.0750 e. The Hall–Kier alpha value is -1.56. The van der Waals surface area contributed by atoms with Crippen LogP contribution in [0.5, 0.6) is 0 Å². The molecule has 3 aliphatic rings. The van der Waals surface area contributed by atoms with Crippen LogP contribution in [0.2, 0.25) is 0 Å². The number of fused-ring (bicyclic) bond motifs is 4. The van der Waals surface area contributed by atoms with E-state index in [2.05, 4.69) is 78.8 Å². The highest BCUT2D eigenvalue weighted by Gasteiger charge is 2.40. The molecule has 0 bridgehead atoms. The quantitative estimate of drug-likeness (QED) is 0.647. The number of benzene rings is 1. The summed E-state index contributed by atoms with van der Waals surface area (Å²) in [5, 5.41) is 2.95. The van der Waals surface area contributed by atoms with Gasteiger partial charge in [-0.3, -0.25) is 0 Å². The van der Waals surface area contributed by atoms with Gasteiger partial charge < -0.3 is 0 Å². The summed E-state index contributed by atoms with van der Waals surface area (Å²) in [5.41, 5.74) is 8.65. The van der Waals surface area contributed by atoms with E-state index in [4.69, 9.17) is 0 Å². The Morgan fingerprint density at radius 3 is 2.40 bits per heavy atom. The maximum Gasteiger partial charge on any atom is -0.00134 e. The van der Waals surface area contributed by atoms with Gasteiger partial charge in [-0.15, -0.1) is 0 Å². The van der Waals surface area contributed by atoms with Crippen molar-refractivity contribution in [3.05, 3.63) is 50.9 Å². The standard InChI is InChI=1S/C25H32/c1-23(2,3)13-16-10-17-8-9-19-21(20(17)11-16)12-18-14-24(4,5)15-25(6,7)22(18)19/h8-11,14H,12-13,15H2,1-7H3. The molecule has 25 heavy (non-hydrogen) atoms. The van der Waals surface area contributed by atoms with E-state index in [9.17, 15) is 0 Å². The summed E-state index contributed by atoms with van der Waals surface area (Å²) in [4.78, 5) is 0. The maximum absolute atomic E-state index is 2.55. The summed E-state index contributed by atoms with van der Waals surface area (Å²) >= 11 is 0. The minimum Gasteiger partial charge on any atom is -0.0750 e. The molecular weight excluding hydrogens is 300 g/mol. The zero-order valence-corrected chi connectivity index (χ0v) is 17.0. The van der Waals surface area contributed by atoms with E-state index < -0.39 is 0 Å². The molecule has 0 N–H and O–H groups in total. The van der Waals surface area contributed by atoms with Crippen molar-refractivity contribution in [2.24, 2.45) is 16.2 Å². The predicted octanol–water partition coefficient (Wildman–Crippen LogP) is 5.39. The second kappa shape index (κ2) is 5.00. The summed E-state index contributed by atoms with van der Waals surface area (Å²) in [6.45, 7) is 16.6. The van der Waals surface area contributed by atoms with Gasteiger partial charge in [0.1, 0.15) is 0 Å². The molecule has 0 fully saturated rings. The van der Waals surface area contributed by atoms with E-state index in [0.717, 1.165) is 12.8 Å². The number of rotatable bonds is 1. The Balaban J connectivity index is 1.89. The zero-order valence-electron chi connectivity index (χ0n) is 17.0. The van der Waals surface area contributed by atoms with Crippen LogP contribution >= 0.6 is 0 Å². The van der Waals surface area contributed by atoms with Crippen LogP contribution in [0.25, 0.3) is 17.7 Å². The summed E-state index contributed by atoms with van der Waals surface area (Å²) in [7, 11) is 0. The van der Waals surface area contributed by atoms with Crippen LogP contribution in [-0.2, 0) is 6.42 Å². The van der Waals surface area contributed by atoms with Gasteiger partial charge >= 0.3 is 0 Å². The summed E-state index contributed by atoms with van der Waals surface area (Å²) in [5.74, 6) is 0. The summed E-state index contributed by atoms with van der Waals surface area (Å²) in [6.07, 6.45) is 10.9. The zero-order chi connectivity index (χ0) is 18.2. The Bertz CT molecular complexity index is 937. The minimum atomic E-state index is 0.257. The molecule has 3 aliphatic carbocycles. The highest BCUT2D eigenvalue weighted by molar-refractivity contribution is 5.81. The third-order valence-corrected chi connectivity index (χ3v) is 5.89. The Morgan fingerprint density at radius 1 is 1.00 bits per heavy atom. The van der Waals surface area contributed by atoms with Gasteiger partial charge in [0.05, 0.1) is 0 Å². The van der Waals surface area contributed by atoms with Crippen molar-refractivity contribution in [1.82, 2.24) is 0 Å². The molecule has 0 atom stereocenters. The molecule has 0 spiro atoms. The fourth-order valence-corrected chi connectivity index (χ4v) is 5.67. The lowest BCUT2D eigenvalue weighted by molar-refractivity contribution is 0.292. The number of hydrogen-bond donors (Lipinski definition) is 0. The van der Waals surface area contributed by atoms with Crippen LogP contribution in [0.15, 0.2) is 29.4 Å². The molecule has 0 aliphatic heterocycles. The van der Waals surface area contributed by atoms with Crippen molar-refractivity contribution in [3.8, 4) is 0 Å². The van der Waals surface area contributed by atoms with Gasteiger partial charge in [-0.1, -0.05) is 78.8 Å². The van der Waals surface area contributed by atoms with E-state index in [1.54, 1.807) is 16.7 Å². The first kappa shape index (κ1) is 16.9. The van der Waals surface area contributed by atoms with Gasteiger partial charge in [-0.2, -0.15) is 0 Å². The van der Waals surface area contributed by atoms with Crippen LogP contribution in [0.4, 0.5) is 0 Å². The average molecular weight is 333 g/mol. The second-order valence-corrected chi connectivity index (χ2v) is 11.0. The van der Waals surface area contributed by atoms with Crippen molar-refractivity contribution in [1.29, 1.82) is 0 Å². The Labute approximate surface area is 153 Å². The fraction of sp³-hybridized carbons (Fsp3) is 0.520. The third-order valence-electron chi connectivity index (χ3n) is 5.89. The lowest BCUT2D eigenvalue weighted by atomic mass is 9.64. The van der Waals surface area contributed by atoms with Gasteiger partial charge in [-0.05, 0) is 73.8 Å². The highest BCUT2D eigenvalue weighted by Crippen LogP contribution is 2.51. The van der Waals surface area contributed by atoms with Crippen molar-refractivity contribution in [2.45, 2.75) is 67.7 Å². The molecule has 0 radical (unpaired) electrons. The van der Waals surface area contributed by atoms with Crippen molar-refractivity contribution >= 4 is 17.7 Å². The molecule has 0 aromatic heterocycles. The fourth-order valence-electron chi connectivity index (χ4n) is 5.67. The van der Waals surface area contributed by atoms with Gasteiger partial charge in [0.2, 0.25) is 0 Å². The van der Waals surface area contributed by atoms with Gasteiger partial charge in [-0.25, -0.2) is 0 Å². The van der Waals surface area contributed by atoms with E-state index in [1.165, 1.54) is 28.0 Å². The molecule has 0 saturated carbocycles. The van der Waals surface area contributed by atoms with Crippen molar-refractivity contribution in [3.63, 3.8) is 0 Å². The van der Waals surface area contributed by atoms with Gasteiger partial charge in [0.25, 0.3) is 0 Å². The van der Waals surface area contributed by atoms with E-state index in [-0.39, 0.29) is 5.41 Å². The smallest absolute Gasteiger partial charge is 0.00134 e. The molecule has 0 unspecified atom stereocenters. The van der Waals surface area contributed by atoms with Crippen molar-refractivity contribution < 1.29 is 0 Å². The summed E-state index contributed by atoms with van der Waals surface area (Å²) in [6, 6.07) is 4.75. The molecule has 1 aromatic rings. The van der Waals surface area contributed by atoms with Crippen molar-refractivity contribution in [2.75, 3.05) is 0 Å². The molecule has 0 heterocycles. The number of allylic oxidation sites excluding steroid dienone is 3. The average Bonchev–Trinajstić information content (AvgIpc) is 2.93. The molecule has 0 saturated heterocycles. The molecule has 1 aromatic carbocycles. The van der Waals surface area contributed by atoms with Crippen LogP contribution in [0.3, 0.4) is 0 Å². The second-order valence-electron chi connectivity index (χ2n) is 11.0. The van der Waals surface area contributed by atoms with Crippen LogP contribution in [-0.4, -0.2) is 0 Å². The Morgan fingerprint density at radius 2 is 1.72 bits per heavy atom. The van der Waals surface area contributed by atoms with Gasteiger partial charge in [0, 0.05) is 0 Å². The SMILES string of the molecule is CC(C)(C)CC1=Cc2c3c(ccc2=C1)=C1C(=CC(C)(C)CC1(C)C)C3. The van der Waals surface area contributed by atoms with Crippen LogP contribution in [0, 0.1) is 16.2 Å². The first-order chi connectivity index (χ1) is 11.5. The van der Waals surface area contributed by atoms with Gasteiger partial charge in [0.15, 0.2) is 0 Å². The normalized spacial score (nSPS) is 22.6. The predicted molar refractivity (Wildman–Crippen MR) is 110 cm³/mol. The lowest BCUT2D eigenvalue weighted by Gasteiger charge is -2.40. The van der Waals surface area contributed by atoms with Crippen LogP contribution < -0.4 is 10.4 Å². The highest BCUT2D eigenvalue weighted by atomic mass is 14.4. The molecular formula is C25H32. The minimum absolute atomic E-state index is 0.257.